The zero-order valence-corrected chi connectivity index (χ0v) is 15.7. The maximum absolute atomic E-state index is 13.0. The van der Waals surface area contributed by atoms with E-state index in [4.69, 9.17) is 16.3 Å². The molecule has 1 N–H and O–H groups in total. The van der Waals surface area contributed by atoms with Crippen LogP contribution in [0.25, 0.3) is 0 Å². The van der Waals surface area contributed by atoms with Crippen LogP contribution in [0.3, 0.4) is 0 Å². The minimum Gasteiger partial charge on any atom is -0.495 e. The second-order valence-electron chi connectivity index (χ2n) is 6.30. The van der Waals surface area contributed by atoms with Gasteiger partial charge >= 0.3 is 0 Å². The third-order valence-electron chi connectivity index (χ3n) is 4.54. The normalized spacial score (nSPS) is 13.9. The van der Waals surface area contributed by atoms with Crippen LogP contribution in [0.1, 0.15) is 29.6 Å². The predicted molar refractivity (Wildman–Crippen MR) is 105 cm³/mol. The van der Waals surface area contributed by atoms with E-state index in [9.17, 15) is 14.9 Å². The van der Waals surface area contributed by atoms with E-state index >= 15 is 0 Å². The lowest BCUT2D eigenvalue weighted by Crippen LogP contribution is -2.31. The second-order valence-corrected chi connectivity index (χ2v) is 6.74. The van der Waals surface area contributed by atoms with Crippen molar-refractivity contribution in [1.29, 1.82) is 0 Å². The van der Waals surface area contributed by atoms with E-state index in [1.165, 1.54) is 19.2 Å². The van der Waals surface area contributed by atoms with Crippen molar-refractivity contribution in [2.24, 2.45) is 0 Å². The number of non-ortho nitro benzene ring substituents is 1. The Labute approximate surface area is 162 Å². The monoisotopic (exact) mass is 389 g/mol. The Hall–Kier alpha value is -2.80. The Balaban J connectivity index is 1.97. The average Bonchev–Trinajstić information content (AvgIpc) is 2.68. The molecule has 1 aliphatic rings. The molecule has 2 aromatic carbocycles. The molecule has 3 rings (SSSR count). The van der Waals surface area contributed by atoms with E-state index in [0.29, 0.717) is 22.1 Å². The highest BCUT2D eigenvalue weighted by molar-refractivity contribution is 6.31. The number of ether oxygens (including phenoxy) is 1. The van der Waals surface area contributed by atoms with Crippen LogP contribution in [0, 0.1) is 10.1 Å². The van der Waals surface area contributed by atoms with E-state index in [0.717, 1.165) is 32.4 Å². The highest BCUT2D eigenvalue weighted by Crippen LogP contribution is 2.31. The number of rotatable bonds is 5. The third kappa shape index (κ3) is 4.31. The van der Waals surface area contributed by atoms with Crippen molar-refractivity contribution in [3.05, 3.63) is 57.1 Å². The van der Waals surface area contributed by atoms with Gasteiger partial charge in [-0.2, -0.15) is 0 Å². The van der Waals surface area contributed by atoms with Gasteiger partial charge in [0.1, 0.15) is 5.75 Å². The largest absolute Gasteiger partial charge is 0.495 e. The smallest absolute Gasteiger partial charge is 0.270 e. The van der Waals surface area contributed by atoms with Gasteiger partial charge in [0.2, 0.25) is 0 Å². The van der Waals surface area contributed by atoms with Gasteiger partial charge in [0, 0.05) is 30.2 Å². The molecule has 1 fully saturated rings. The fourth-order valence-electron chi connectivity index (χ4n) is 3.20. The summed E-state index contributed by atoms with van der Waals surface area (Å²) in [6.07, 6.45) is 3.20. The zero-order valence-electron chi connectivity index (χ0n) is 14.9. The summed E-state index contributed by atoms with van der Waals surface area (Å²) in [4.78, 5) is 25.8. The maximum Gasteiger partial charge on any atom is 0.270 e. The van der Waals surface area contributed by atoms with Crippen LogP contribution in [-0.2, 0) is 0 Å². The van der Waals surface area contributed by atoms with Crippen LogP contribution in [0.5, 0.6) is 5.75 Å². The molecule has 2 aromatic rings. The number of hydrogen-bond donors (Lipinski definition) is 1. The minimum atomic E-state index is -0.503. The van der Waals surface area contributed by atoms with Gasteiger partial charge in [0.25, 0.3) is 11.6 Å². The van der Waals surface area contributed by atoms with Crippen molar-refractivity contribution >= 4 is 34.6 Å². The molecule has 1 amide bonds. The number of carbonyl (C=O) groups is 1. The van der Waals surface area contributed by atoms with Gasteiger partial charge in [-0.05, 0) is 43.5 Å². The molecule has 27 heavy (non-hydrogen) atoms. The summed E-state index contributed by atoms with van der Waals surface area (Å²) in [5.74, 6) is 0.0116. The number of anilines is 2. The highest BCUT2D eigenvalue weighted by Gasteiger charge is 2.22. The zero-order chi connectivity index (χ0) is 19.4. The molecule has 7 nitrogen and oxygen atoms in total. The van der Waals surface area contributed by atoms with E-state index in [2.05, 4.69) is 10.2 Å². The average molecular weight is 390 g/mol. The number of amides is 1. The quantitative estimate of drug-likeness (QED) is 0.601. The lowest BCUT2D eigenvalue weighted by atomic mass is 10.1. The van der Waals surface area contributed by atoms with Gasteiger partial charge in [0.15, 0.2) is 0 Å². The number of benzene rings is 2. The predicted octanol–water partition coefficient (Wildman–Crippen LogP) is 4.50. The summed E-state index contributed by atoms with van der Waals surface area (Å²) in [5.41, 5.74) is 1.23. The first-order valence-corrected chi connectivity index (χ1v) is 9.05. The SMILES string of the molecule is COc1ccc(Cl)cc1NC(=O)c1cc([N+](=O)[O-])ccc1N1CCCCC1. The van der Waals surface area contributed by atoms with Crippen molar-refractivity contribution < 1.29 is 14.5 Å². The number of methoxy groups -OCH3 is 1. The molecule has 1 heterocycles. The number of piperidine rings is 1. The highest BCUT2D eigenvalue weighted by atomic mass is 35.5. The van der Waals surface area contributed by atoms with Crippen LogP contribution >= 0.6 is 11.6 Å². The number of nitrogens with one attached hydrogen (secondary N) is 1. The molecule has 1 aliphatic heterocycles. The molecule has 0 radical (unpaired) electrons. The van der Waals surface area contributed by atoms with Crippen LogP contribution < -0.4 is 15.0 Å². The van der Waals surface area contributed by atoms with E-state index in [1.54, 1.807) is 24.3 Å². The van der Waals surface area contributed by atoms with Crippen molar-refractivity contribution in [3.63, 3.8) is 0 Å². The summed E-state index contributed by atoms with van der Waals surface area (Å²) in [6.45, 7) is 1.64. The maximum atomic E-state index is 13.0. The van der Waals surface area contributed by atoms with E-state index in [1.807, 2.05) is 0 Å². The first-order chi connectivity index (χ1) is 13.0. The minimum absolute atomic E-state index is 0.126. The number of nitro benzene ring substituents is 1. The Kier molecular flexibility index (Phi) is 5.81. The second kappa shape index (κ2) is 8.26. The van der Waals surface area contributed by atoms with Crippen LogP contribution in [-0.4, -0.2) is 31.0 Å². The van der Waals surface area contributed by atoms with Crippen molar-refractivity contribution in [2.45, 2.75) is 19.3 Å². The first kappa shape index (κ1) is 19.0. The lowest BCUT2D eigenvalue weighted by Gasteiger charge is -2.30. The van der Waals surface area contributed by atoms with Gasteiger partial charge in [0.05, 0.1) is 29.0 Å². The summed E-state index contributed by atoms with van der Waals surface area (Å²) < 4.78 is 5.25. The number of carbonyl (C=O) groups excluding carboxylic acids is 1. The van der Waals surface area contributed by atoms with Crippen LogP contribution in [0.4, 0.5) is 17.1 Å². The number of nitro groups is 1. The number of hydrogen-bond acceptors (Lipinski definition) is 5. The molecular weight excluding hydrogens is 370 g/mol. The summed E-state index contributed by atoms with van der Waals surface area (Å²) in [5, 5.41) is 14.4. The molecule has 0 saturated carbocycles. The molecule has 0 aromatic heterocycles. The standard InChI is InChI=1S/C19H20ClN3O4/c1-27-18-8-5-13(20)11-16(18)21-19(24)15-12-14(23(25)26)6-7-17(15)22-9-3-2-4-10-22/h5-8,11-12H,2-4,9-10H2,1H3,(H,21,24). The van der Waals surface area contributed by atoms with Crippen molar-refractivity contribution in [2.75, 3.05) is 30.4 Å². The molecule has 0 aliphatic carbocycles. The molecule has 0 spiro atoms. The first-order valence-electron chi connectivity index (χ1n) is 8.68. The third-order valence-corrected chi connectivity index (χ3v) is 4.78. The van der Waals surface area contributed by atoms with Crippen molar-refractivity contribution in [1.82, 2.24) is 0 Å². The van der Waals surface area contributed by atoms with Gasteiger partial charge < -0.3 is 15.0 Å². The molecule has 142 valence electrons. The fourth-order valence-corrected chi connectivity index (χ4v) is 3.37. The van der Waals surface area contributed by atoms with Crippen LogP contribution in [0.15, 0.2) is 36.4 Å². The molecule has 0 bridgehead atoms. The number of nitrogens with zero attached hydrogens (tertiary/aromatic N) is 2. The topological polar surface area (TPSA) is 84.7 Å². The summed E-state index contributed by atoms with van der Waals surface area (Å²) in [7, 11) is 1.49. The van der Waals surface area contributed by atoms with Gasteiger partial charge in [-0.3, -0.25) is 14.9 Å². The summed E-state index contributed by atoms with van der Waals surface area (Å²) in [6, 6.07) is 9.28. The Morgan fingerprint density at radius 2 is 1.93 bits per heavy atom. The summed E-state index contributed by atoms with van der Waals surface area (Å²) >= 11 is 6.02. The van der Waals surface area contributed by atoms with Crippen LogP contribution in [0.2, 0.25) is 5.02 Å². The van der Waals surface area contributed by atoms with Crippen molar-refractivity contribution in [3.8, 4) is 5.75 Å². The molecule has 0 unspecified atom stereocenters. The molecule has 1 saturated heterocycles. The number of halogens is 1. The molecule has 0 atom stereocenters. The molecular formula is C19H20ClN3O4. The van der Waals surface area contributed by atoms with Gasteiger partial charge in [-0.15, -0.1) is 0 Å². The van der Waals surface area contributed by atoms with Gasteiger partial charge in [-0.25, -0.2) is 0 Å². The Bertz CT molecular complexity index is 866. The Morgan fingerprint density at radius 1 is 1.19 bits per heavy atom. The van der Waals surface area contributed by atoms with E-state index in [-0.39, 0.29) is 11.3 Å². The van der Waals surface area contributed by atoms with E-state index < -0.39 is 10.8 Å². The fraction of sp³-hybridized carbons (Fsp3) is 0.316. The lowest BCUT2D eigenvalue weighted by molar-refractivity contribution is -0.384. The van der Waals surface area contributed by atoms with Gasteiger partial charge in [-0.1, -0.05) is 11.6 Å². The Morgan fingerprint density at radius 3 is 2.59 bits per heavy atom. The molecule has 8 heteroatoms.